The first-order valence-electron chi connectivity index (χ1n) is 5.20. The zero-order chi connectivity index (χ0) is 14.0. The van der Waals surface area contributed by atoms with E-state index in [2.05, 4.69) is 4.98 Å². The lowest BCUT2D eigenvalue weighted by atomic mass is 10.2. The first-order valence-corrected chi connectivity index (χ1v) is 5.20. The summed E-state index contributed by atoms with van der Waals surface area (Å²) in [6, 6.07) is 3.32. The second-order valence-electron chi connectivity index (χ2n) is 3.82. The van der Waals surface area contributed by atoms with Gasteiger partial charge in [0.2, 0.25) is 0 Å². The number of carboxylic acid groups (broad SMARTS) is 1. The smallest absolute Gasteiger partial charge is 0.342 e. The molecule has 0 aliphatic carbocycles. The Kier molecular flexibility index (Phi) is 3.37. The molecule has 1 aromatic carbocycles. The van der Waals surface area contributed by atoms with Crippen LogP contribution in [0.15, 0.2) is 35.5 Å². The Morgan fingerprint density at radius 1 is 1.32 bits per heavy atom. The molecule has 1 heterocycles. The van der Waals surface area contributed by atoms with E-state index in [-0.39, 0.29) is 6.54 Å². The third kappa shape index (κ3) is 2.82. The highest BCUT2D eigenvalue weighted by Crippen LogP contribution is 2.09. The Labute approximate surface area is 105 Å². The molecule has 2 aromatic rings. The van der Waals surface area contributed by atoms with E-state index in [0.29, 0.717) is 5.56 Å². The predicted octanol–water partition coefficient (Wildman–Crippen LogP) is 1.27. The van der Waals surface area contributed by atoms with Crippen LogP contribution in [0.2, 0.25) is 0 Å². The van der Waals surface area contributed by atoms with E-state index in [1.165, 1.54) is 10.6 Å². The first kappa shape index (κ1) is 12.9. The van der Waals surface area contributed by atoms with Gasteiger partial charge in [0, 0.05) is 12.7 Å². The number of aromatic carboxylic acids is 1. The molecule has 0 saturated carbocycles. The number of carboxylic acids is 1. The SMILES string of the molecule is O=C(O)c1cn(Cc2ccc(F)c(F)c2)cnc1=O. The summed E-state index contributed by atoms with van der Waals surface area (Å²) in [4.78, 5) is 25.3. The number of halogens is 2. The summed E-state index contributed by atoms with van der Waals surface area (Å²) in [7, 11) is 0. The minimum absolute atomic E-state index is 0.0742. The van der Waals surface area contributed by atoms with Gasteiger partial charge in [-0.2, -0.15) is 4.98 Å². The van der Waals surface area contributed by atoms with Crippen molar-refractivity contribution in [1.82, 2.24) is 9.55 Å². The highest BCUT2D eigenvalue weighted by Gasteiger charge is 2.10. The molecule has 1 aromatic heterocycles. The number of hydrogen-bond acceptors (Lipinski definition) is 3. The number of hydrogen-bond donors (Lipinski definition) is 1. The van der Waals surface area contributed by atoms with Gasteiger partial charge < -0.3 is 9.67 Å². The number of aromatic nitrogens is 2. The maximum atomic E-state index is 13.0. The number of rotatable bonds is 3. The monoisotopic (exact) mass is 266 g/mol. The van der Waals surface area contributed by atoms with E-state index in [0.717, 1.165) is 24.7 Å². The molecule has 0 fully saturated rings. The molecule has 19 heavy (non-hydrogen) atoms. The maximum absolute atomic E-state index is 13.0. The molecule has 0 aliphatic rings. The molecule has 2 rings (SSSR count). The van der Waals surface area contributed by atoms with Gasteiger partial charge in [-0.3, -0.25) is 4.79 Å². The Morgan fingerprint density at radius 2 is 2.05 bits per heavy atom. The van der Waals surface area contributed by atoms with Crippen LogP contribution in [0, 0.1) is 11.6 Å². The van der Waals surface area contributed by atoms with E-state index in [1.807, 2.05) is 0 Å². The predicted molar refractivity (Wildman–Crippen MR) is 60.9 cm³/mol. The molecule has 0 bridgehead atoms. The zero-order valence-electron chi connectivity index (χ0n) is 9.51. The highest BCUT2D eigenvalue weighted by molar-refractivity contribution is 5.86. The molecule has 98 valence electrons. The fourth-order valence-electron chi connectivity index (χ4n) is 1.53. The average Bonchev–Trinajstić information content (AvgIpc) is 2.36. The van der Waals surface area contributed by atoms with E-state index >= 15 is 0 Å². The highest BCUT2D eigenvalue weighted by atomic mass is 19.2. The van der Waals surface area contributed by atoms with Crippen molar-refractivity contribution in [3.05, 3.63) is 63.8 Å². The van der Waals surface area contributed by atoms with Crippen LogP contribution in [0.25, 0.3) is 0 Å². The lowest BCUT2D eigenvalue weighted by Crippen LogP contribution is -2.20. The van der Waals surface area contributed by atoms with E-state index in [1.54, 1.807) is 0 Å². The van der Waals surface area contributed by atoms with Crippen LogP contribution in [-0.2, 0) is 6.54 Å². The minimum atomic E-state index is -1.39. The van der Waals surface area contributed by atoms with Crippen LogP contribution >= 0.6 is 0 Å². The van der Waals surface area contributed by atoms with Crippen molar-refractivity contribution < 1.29 is 18.7 Å². The summed E-state index contributed by atoms with van der Waals surface area (Å²) in [5.41, 5.74) is -0.917. The summed E-state index contributed by atoms with van der Waals surface area (Å²) < 4.78 is 27.1. The first-order chi connectivity index (χ1) is 8.97. The van der Waals surface area contributed by atoms with Crippen molar-refractivity contribution in [2.75, 3.05) is 0 Å². The number of benzene rings is 1. The molecule has 7 heteroatoms. The molecular weight excluding hydrogens is 258 g/mol. The molecule has 0 amide bonds. The van der Waals surface area contributed by atoms with Gasteiger partial charge in [-0.25, -0.2) is 13.6 Å². The molecule has 0 saturated heterocycles. The van der Waals surface area contributed by atoms with Gasteiger partial charge in [0.1, 0.15) is 5.56 Å². The molecule has 1 N–H and O–H groups in total. The van der Waals surface area contributed by atoms with Crippen LogP contribution in [-0.4, -0.2) is 20.6 Å². The summed E-state index contributed by atoms with van der Waals surface area (Å²) in [6.07, 6.45) is 2.23. The molecule has 0 unspecified atom stereocenters. The van der Waals surface area contributed by atoms with Crippen molar-refractivity contribution >= 4 is 5.97 Å². The maximum Gasteiger partial charge on any atom is 0.342 e. The molecule has 5 nitrogen and oxygen atoms in total. The second-order valence-corrected chi connectivity index (χ2v) is 3.82. The summed E-state index contributed by atoms with van der Waals surface area (Å²) in [5.74, 6) is -3.35. The Bertz CT molecular complexity index is 698. The van der Waals surface area contributed by atoms with Crippen molar-refractivity contribution in [2.45, 2.75) is 6.54 Å². The largest absolute Gasteiger partial charge is 0.477 e. The Hall–Kier alpha value is -2.57. The third-order valence-corrected chi connectivity index (χ3v) is 2.43. The van der Waals surface area contributed by atoms with E-state index in [9.17, 15) is 18.4 Å². The molecule has 0 radical (unpaired) electrons. The normalized spacial score (nSPS) is 10.4. The average molecular weight is 266 g/mol. The van der Waals surface area contributed by atoms with Crippen molar-refractivity contribution in [3.8, 4) is 0 Å². The summed E-state index contributed by atoms with van der Waals surface area (Å²) >= 11 is 0. The van der Waals surface area contributed by atoms with Crippen LogP contribution < -0.4 is 5.56 Å². The standard InChI is InChI=1S/C12H8F2N2O3/c13-9-2-1-7(3-10(9)14)4-16-5-8(12(18)19)11(17)15-6-16/h1-3,5-6H,4H2,(H,18,19). The molecule has 0 aliphatic heterocycles. The Morgan fingerprint density at radius 3 is 2.68 bits per heavy atom. The summed E-state index contributed by atoms with van der Waals surface area (Å²) in [5, 5.41) is 8.77. The Balaban J connectivity index is 2.33. The van der Waals surface area contributed by atoms with Gasteiger partial charge in [-0.15, -0.1) is 0 Å². The summed E-state index contributed by atoms with van der Waals surface area (Å²) in [6.45, 7) is 0.0742. The molecule has 0 spiro atoms. The van der Waals surface area contributed by atoms with E-state index < -0.39 is 28.7 Å². The van der Waals surface area contributed by atoms with Gasteiger partial charge >= 0.3 is 5.97 Å². The quantitative estimate of drug-likeness (QED) is 0.908. The lowest BCUT2D eigenvalue weighted by molar-refractivity contribution is 0.0693. The van der Waals surface area contributed by atoms with Crippen molar-refractivity contribution in [1.29, 1.82) is 0 Å². The fourth-order valence-corrected chi connectivity index (χ4v) is 1.53. The van der Waals surface area contributed by atoms with Crippen LogP contribution in [0.3, 0.4) is 0 Å². The van der Waals surface area contributed by atoms with Gasteiger partial charge in [0.05, 0.1) is 6.33 Å². The van der Waals surface area contributed by atoms with Crippen molar-refractivity contribution in [2.24, 2.45) is 0 Å². The van der Waals surface area contributed by atoms with Crippen LogP contribution in [0.5, 0.6) is 0 Å². The van der Waals surface area contributed by atoms with Crippen LogP contribution in [0.4, 0.5) is 8.78 Å². The second kappa shape index (κ2) is 4.97. The van der Waals surface area contributed by atoms with E-state index in [4.69, 9.17) is 5.11 Å². The molecule has 0 atom stereocenters. The fraction of sp³-hybridized carbons (Fsp3) is 0.0833. The van der Waals surface area contributed by atoms with Gasteiger partial charge in [0.15, 0.2) is 11.6 Å². The van der Waals surface area contributed by atoms with Gasteiger partial charge in [-0.1, -0.05) is 6.07 Å². The van der Waals surface area contributed by atoms with Crippen molar-refractivity contribution in [3.63, 3.8) is 0 Å². The minimum Gasteiger partial charge on any atom is -0.477 e. The molecular formula is C12H8F2N2O3. The third-order valence-electron chi connectivity index (χ3n) is 2.43. The zero-order valence-corrected chi connectivity index (χ0v) is 9.51. The lowest BCUT2D eigenvalue weighted by Gasteiger charge is -2.06. The number of carbonyl (C=O) groups is 1. The van der Waals surface area contributed by atoms with Crippen LogP contribution in [0.1, 0.15) is 15.9 Å². The number of nitrogens with zero attached hydrogens (tertiary/aromatic N) is 2. The van der Waals surface area contributed by atoms with Gasteiger partial charge in [-0.05, 0) is 17.7 Å². The topological polar surface area (TPSA) is 72.2 Å². The van der Waals surface area contributed by atoms with Gasteiger partial charge in [0.25, 0.3) is 5.56 Å².